The van der Waals surface area contributed by atoms with Gasteiger partial charge in [0.2, 0.25) is 17.8 Å². The Bertz CT molecular complexity index is 1760. The molecular formula is C33H39Cl2N7O6. The summed E-state index contributed by atoms with van der Waals surface area (Å²) in [5, 5.41) is 7.08. The number of nitrogens with zero attached hydrogens (tertiary/aromatic N) is 5. The van der Waals surface area contributed by atoms with Crippen LogP contribution in [0.15, 0.2) is 48.4 Å². The molecule has 0 spiro atoms. The van der Waals surface area contributed by atoms with Crippen molar-refractivity contribution >= 4 is 52.0 Å². The Kier molecular flexibility index (Phi) is 11.3. The molecule has 5 rings (SSSR count). The van der Waals surface area contributed by atoms with Gasteiger partial charge < -0.3 is 29.7 Å². The van der Waals surface area contributed by atoms with E-state index >= 15 is 0 Å². The molecule has 3 aromatic rings. The summed E-state index contributed by atoms with van der Waals surface area (Å²) in [6, 6.07) is 2.60. The SMILES string of the molecule is C=CC(=O)NC1CCOCC1Nc1ncc2cc(-c3c(Cl)c(OC)cc(OC)c3Cl)c(=O)n(CCC3CN(C(=O)C=C)CCN3C)c2n1. The topological polar surface area (TPSA) is 140 Å². The van der Waals surface area contributed by atoms with E-state index in [0.29, 0.717) is 68.2 Å². The molecule has 0 bridgehead atoms. The lowest BCUT2D eigenvalue weighted by Crippen LogP contribution is -2.53. The standard InChI is InChI=1S/C33H39Cl2N7O6/c1-6-26(43)37-22-9-13-48-18-23(22)38-33-36-16-19-14-21(28-29(34)24(46-4)15-25(47-5)30(28)35)32(45)42(31(19)39-33)10-8-20-17-41(27(44)7-2)12-11-40(20)3/h6-7,14-16,20,22-23H,1-2,8-13,17-18H2,3-5H3,(H,37,43)(H,36,38,39). The molecule has 1 aromatic carbocycles. The fourth-order valence-electron chi connectivity index (χ4n) is 6.06. The normalized spacial score (nSPS) is 19.9. The van der Waals surface area contributed by atoms with Gasteiger partial charge in [0.25, 0.3) is 5.56 Å². The second-order valence-electron chi connectivity index (χ2n) is 11.6. The van der Waals surface area contributed by atoms with Gasteiger partial charge in [0.05, 0.1) is 48.5 Å². The summed E-state index contributed by atoms with van der Waals surface area (Å²) in [6.45, 7) is 9.99. The molecule has 2 aliphatic heterocycles. The second kappa shape index (κ2) is 15.4. The van der Waals surface area contributed by atoms with Gasteiger partial charge in [-0.1, -0.05) is 36.4 Å². The Morgan fingerprint density at radius 1 is 1.10 bits per heavy atom. The highest BCUT2D eigenvalue weighted by atomic mass is 35.5. The predicted octanol–water partition coefficient (Wildman–Crippen LogP) is 3.37. The van der Waals surface area contributed by atoms with Gasteiger partial charge in [-0.25, -0.2) is 4.98 Å². The van der Waals surface area contributed by atoms with E-state index in [0.717, 1.165) is 0 Å². The number of benzene rings is 1. The molecule has 2 aliphatic rings. The molecular weight excluding hydrogens is 661 g/mol. The van der Waals surface area contributed by atoms with Gasteiger partial charge in [-0.05, 0) is 38.1 Å². The lowest BCUT2D eigenvalue weighted by atomic mass is 10.0. The average molecular weight is 701 g/mol. The number of carbonyl (C=O) groups is 2. The molecule has 2 fully saturated rings. The van der Waals surface area contributed by atoms with E-state index in [4.69, 9.17) is 42.4 Å². The number of ether oxygens (including phenoxy) is 3. The van der Waals surface area contributed by atoms with Crippen molar-refractivity contribution in [3.8, 4) is 22.6 Å². The minimum atomic E-state index is -0.388. The number of amides is 2. The Morgan fingerprint density at radius 3 is 2.50 bits per heavy atom. The summed E-state index contributed by atoms with van der Waals surface area (Å²) >= 11 is 13.5. The minimum Gasteiger partial charge on any atom is -0.495 e. The number of nitrogens with one attached hydrogen (secondary N) is 2. The van der Waals surface area contributed by atoms with Gasteiger partial charge in [0.15, 0.2) is 0 Å². The van der Waals surface area contributed by atoms with Crippen LogP contribution in [0.2, 0.25) is 10.0 Å². The van der Waals surface area contributed by atoms with Crippen molar-refractivity contribution in [3.63, 3.8) is 0 Å². The molecule has 2 aromatic heterocycles. The largest absolute Gasteiger partial charge is 0.495 e. The van der Waals surface area contributed by atoms with Crippen LogP contribution in [0.5, 0.6) is 11.5 Å². The van der Waals surface area contributed by atoms with E-state index < -0.39 is 0 Å². The number of hydrogen-bond acceptors (Lipinski definition) is 10. The van der Waals surface area contributed by atoms with E-state index in [9.17, 15) is 14.4 Å². The van der Waals surface area contributed by atoms with Gasteiger partial charge in [0.1, 0.15) is 17.1 Å². The molecule has 3 unspecified atom stereocenters. The van der Waals surface area contributed by atoms with Gasteiger partial charge in [-0.3, -0.25) is 23.9 Å². The molecule has 48 heavy (non-hydrogen) atoms. The number of aryl methyl sites for hydroxylation is 1. The number of fused-ring (bicyclic) bond motifs is 1. The van der Waals surface area contributed by atoms with Crippen molar-refractivity contribution in [2.24, 2.45) is 0 Å². The molecule has 0 saturated carbocycles. The van der Waals surface area contributed by atoms with Crippen LogP contribution < -0.4 is 25.7 Å². The number of rotatable bonds is 11. The Labute approximate surface area is 288 Å². The van der Waals surface area contributed by atoms with Crippen LogP contribution in [-0.4, -0.2) is 108 Å². The van der Waals surface area contributed by atoms with Crippen LogP contribution in [0, 0.1) is 0 Å². The Morgan fingerprint density at radius 2 is 1.83 bits per heavy atom. The monoisotopic (exact) mass is 699 g/mol. The summed E-state index contributed by atoms with van der Waals surface area (Å²) in [4.78, 5) is 52.3. The number of anilines is 1. The van der Waals surface area contributed by atoms with E-state index in [2.05, 4.69) is 33.7 Å². The maximum atomic E-state index is 14.5. The van der Waals surface area contributed by atoms with Crippen LogP contribution >= 0.6 is 23.2 Å². The number of halogens is 2. The number of hydrogen-bond donors (Lipinski definition) is 2. The summed E-state index contributed by atoms with van der Waals surface area (Å²) in [5.74, 6) is 0.416. The second-order valence-corrected chi connectivity index (χ2v) is 12.4. The molecule has 0 radical (unpaired) electrons. The molecule has 3 atom stereocenters. The van der Waals surface area contributed by atoms with Crippen molar-refractivity contribution in [2.75, 3.05) is 59.4 Å². The van der Waals surface area contributed by atoms with Crippen LogP contribution in [0.3, 0.4) is 0 Å². The third-order valence-corrected chi connectivity index (χ3v) is 9.55. The van der Waals surface area contributed by atoms with Crippen LogP contribution in [0.25, 0.3) is 22.2 Å². The van der Waals surface area contributed by atoms with Crippen LogP contribution in [0.1, 0.15) is 12.8 Å². The van der Waals surface area contributed by atoms with E-state index in [-0.39, 0.29) is 69.2 Å². The first-order valence-corrected chi connectivity index (χ1v) is 16.2. The van der Waals surface area contributed by atoms with E-state index in [1.165, 1.54) is 26.4 Å². The third-order valence-electron chi connectivity index (χ3n) is 8.80. The molecule has 2 saturated heterocycles. The number of carbonyl (C=O) groups excluding carboxylic acids is 2. The van der Waals surface area contributed by atoms with E-state index in [1.54, 1.807) is 27.8 Å². The molecule has 13 nitrogen and oxygen atoms in total. The highest BCUT2D eigenvalue weighted by Crippen LogP contribution is 2.45. The first-order chi connectivity index (χ1) is 23.1. The highest BCUT2D eigenvalue weighted by molar-refractivity contribution is 6.41. The minimum absolute atomic E-state index is 0.0367. The molecule has 2 amide bonds. The number of piperazine rings is 1. The zero-order valence-corrected chi connectivity index (χ0v) is 28.6. The molecule has 0 aliphatic carbocycles. The number of methoxy groups -OCH3 is 2. The number of aromatic nitrogens is 3. The van der Waals surface area contributed by atoms with Crippen LogP contribution in [0.4, 0.5) is 5.95 Å². The third kappa shape index (κ3) is 7.29. The maximum absolute atomic E-state index is 14.5. The number of likely N-dealkylation sites (N-methyl/N-ethyl adjacent to an activating group) is 1. The molecule has 15 heteroatoms. The predicted molar refractivity (Wildman–Crippen MR) is 185 cm³/mol. The Hall–Kier alpha value is -4.17. The van der Waals surface area contributed by atoms with Gasteiger partial charge in [-0.15, -0.1) is 0 Å². The van der Waals surface area contributed by atoms with Crippen molar-refractivity contribution in [1.82, 2.24) is 29.7 Å². The summed E-state index contributed by atoms with van der Waals surface area (Å²) in [7, 11) is 4.92. The highest BCUT2D eigenvalue weighted by Gasteiger charge is 2.30. The molecule has 4 heterocycles. The van der Waals surface area contributed by atoms with Crippen LogP contribution in [-0.2, 0) is 20.9 Å². The summed E-state index contributed by atoms with van der Waals surface area (Å²) in [6.07, 6.45) is 5.27. The lowest BCUT2D eigenvalue weighted by molar-refractivity contribution is -0.128. The summed E-state index contributed by atoms with van der Waals surface area (Å²) in [5.41, 5.74) is 0.465. The molecule has 256 valence electrons. The van der Waals surface area contributed by atoms with Gasteiger partial charge >= 0.3 is 0 Å². The van der Waals surface area contributed by atoms with Gasteiger partial charge in [0, 0.05) is 62.0 Å². The van der Waals surface area contributed by atoms with Crippen molar-refractivity contribution < 1.29 is 23.8 Å². The zero-order valence-electron chi connectivity index (χ0n) is 27.1. The summed E-state index contributed by atoms with van der Waals surface area (Å²) < 4.78 is 18.2. The zero-order chi connectivity index (χ0) is 34.5. The first-order valence-electron chi connectivity index (χ1n) is 15.5. The average Bonchev–Trinajstić information content (AvgIpc) is 3.09. The Balaban J connectivity index is 1.59. The smallest absolute Gasteiger partial charge is 0.260 e. The maximum Gasteiger partial charge on any atom is 0.260 e. The first kappa shape index (κ1) is 35.1. The number of pyridine rings is 1. The van der Waals surface area contributed by atoms with E-state index in [1.807, 2.05) is 7.05 Å². The molecule has 2 N–H and O–H groups in total. The van der Waals surface area contributed by atoms with Crippen molar-refractivity contribution in [2.45, 2.75) is 37.5 Å². The lowest BCUT2D eigenvalue weighted by Gasteiger charge is -2.39. The van der Waals surface area contributed by atoms with Crippen molar-refractivity contribution in [3.05, 3.63) is 64.0 Å². The van der Waals surface area contributed by atoms with Gasteiger partial charge in [-0.2, -0.15) is 4.98 Å². The fraction of sp³-hybridized carbons (Fsp3) is 0.424. The fourth-order valence-corrected chi connectivity index (χ4v) is 6.77. The van der Waals surface area contributed by atoms with Crippen molar-refractivity contribution in [1.29, 1.82) is 0 Å². The quantitative estimate of drug-likeness (QED) is 0.286.